The maximum absolute atomic E-state index is 12.2. The molecule has 0 saturated carbocycles. The van der Waals surface area contributed by atoms with Crippen molar-refractivity contribution in [3.8, 4) is 17.1 Å². The molecule has 0 unspecified atom stereocenters. The number of nitrogens with one attached hydrogen (secondary N) is 1. The third-order valence-corrected chi connectivity index (χ3v) is 5.31. The molecular formula is C22H31N5O6. The maximum atomic E-state index is 12.2. The van der Waals surface area contributed by atoms with Crippen LogP contribution in [-0.4, -0.2) is 65.1 Å². The Kier molecular flexibility index (Phi) is 8.58. The van der Waals surface area contributed by atoms with E-state index in [-0.39, 0.29) is 18.0 Å². The predicted octanol–water partition coefficient (Wildman–Crippen LogP) is 2.88. The molecule has 1 amide bonds. The van der Waals surface area contributed by atoms with Crippen LogP contribution in [0.3, 0.4) is 0 Å². The maximum Gasteiger partial charge on any atom is 0.412 e. The summed E-state index contributed by atoms with van der Waals surface area (Å²) in [7, 11) is 3.04. The molecule has 11 nitrogen and oxygen atoms in total. The van der Waals surface area contributed by atoms with Crippen molar-refractivity contribution in [2.45, 2.75) is 45.6 Å². The van der Waals surface area contributed by atoms with Crippen LogP contribution >= 0.6 is 0 Å². The van der Waals surface area contributed by atoms with Gasteiger partial charge in [0.15, 0.2) is 11.5 Å². The normalized spacial score (nSPS) is 17.9. The molecule has 33 heavy (non-hydrogen) atoms. The molecule has 1 N–H and O–H groups in total. The first kappa shape index (κ1) is 24.4. The molecule has 0 aliphatic carbocycles. The largest absolute Gasteiger partial charge is 0.486 e. The molecule has 180 valence electrons. The van der Waals surface area contributed by atoms with Crippen molar-refractivity contribution in [1.82, 2.24) is 20.0 Å². The van der Waals surface area contributed by atoms with Gasteiger partial charge in [0.25, 0.3) is 0 Å². The highest BCUT2D eigenvalue weighted by Gasteiger charge is 2.30. The monoisotopic (exact) mass is 461 g/mol. The van der Waals surface area contributed by atoms with Crippen molar-refractivity contribution in [3.05, 3.63) is 17.8 Å². The fourth-order valence-corrected chi connectivity index (χ4v) is 3.51. The van der Waals surface area contributed by atoms with Crippen molar-refractivity contribution in [1.29, 1.82) is 0 Å². The van der Waals surface area contributed by atoms with Gasteiger partial charge in [-0.1, -0.05) is 25.0 Å². The summed E-state index contributed by atoms with van der Waals surface area (Å²) < 4.78 is 23.0. The highest BCUT2D eigenvalue weighted by atomic mass is 16.6. The number of aromatic nitrogens is 4. The van der Waals surface area contributed by atoms with Crippen molar-refractivity contribution in [2.75, 3.05) is 32.2 Å². The number of hydrogen-bond acceptors (Lipinski definition) is 9. The first-order valence-corrected chi connectivity index (χ1v) is 11.1. The van der Waals surface area contributed by atoms with Crippen molar-refractivity contribution >= 4 is 17.9 Å². The Balaban J connectivity index is 1.67. The average molecular weight is 462 g/mol. The van der Waals surface area contributed by atoms with E-state index in [1.165, 1.54) is 11.8 Å². The number of rotatable bonds is 9. The molecule has 3 heterocycles. The van der Waals surface area contributed by atoms with Gasteiger partial charge in [0.2, 0.25) is 0 Å². The SMILES string of the molecule is CCCCCOC(=O)Nc1c(-c2ccc(O[C@@H]3COC[C@@H](C(=O)OC)C3)c(C)n2)nnn1C. The summed E-state index contributed by atoms with van der Waals surface area (Å²) in [5.41, 5.74) is 1.58. The van der Waals surface area contributed by atoms with Gasteiger partial charge in [0, 0.05) is 13.5 Å². The van der Waals surface area contributed by atoms with Gasteiger partial charge < -0.3 is 18.9 Å². The van der Waals surface area contributed by atoms with E-state index in [2.05, 4.69) is 27.5 Å². The van der Waals surface area contributed by atoms with Crippen LogP contribution in [0.2, 0.25) is 0 Å². The number of aryl methyl sites for hydroxylation is 2. The fourth-order valence-electron chi connectivity index (χ4n) is 3.51. The van der Waals surface area contributed by atoms with Gasteiger partial charge in [0.05, 0.1) is 44.2 Å². The zero-order chi connectivity index (χ0) is 23.8. The highest BCUT2D eigenvalue weighted by molar-refractivity contribution is 5.88. The number of carbonyl (C=O) groups excluding carboxylic acids is 2. The summed E-state index contributed by atoms with van der Waals surface area (Å²) in [5, 5.41) is 10.8. The van der Waals surface area contributed by atoms with Crippen molar-refractivity contribution in [2.24, 2.45) is 13.0 Å². The Morgan fingerprint density at radius 1 is 1.27 bits per heavy atom. The van der Waals surface area contributed by atoms with E-state index in [1.807, 2.05) is 6.92 Å². The second kappa shape index (κ2) is 11.6. The number of unbranched alkanes of at least 4 members (excludes halogenated alkanes) is 2. The minimum absolute atomic E-state index is 0.287. The zero-order valence-corrected chi connectivity index (χ0v) is 19.5. The molecule has 2 aromatic heterocycles. The van der Waals surface area contributed by atoms with Gasteiger partial charge in [-0.15, -0.1) is 5.10 Å². The van der Waals surface area contributed by atoms with E-state index < -0.39 is 6.09 Å². The number of pyridine rings is 1. The van der Waals surface area contributed by atoms with E-state index in [0.29, 0.717) is 54.9 Å². The second-order valence-corrected chi connectivity index (χ2v) is 7.89. The number of anilines is 1. The van der Waals surface area contributed by atoms with Crippen LogP contribution < -0.4 is 10.1 Å². The molecule has 0 radical (unpaired) electrons. The Bertz CT molecular complexity index is 963. The number of esters is 1. The molecular weight excluding hydrogens is 430 g/mol. The minimum Gasteiger partial charge on any atom is -0.486 e. The first-order chi connectivity index (χ1) is 15.9. The quantitative estimate of drug-likeness (QED) is 0.443. The fraction of sp³-hybridized carbons (Fsp3) is 0.591. The topological polar surface area (TPSA) is 127 Å². The summed E-state index contributed by atoms with van der Waals surface area (Å²) in [6, 6.07) is 3.52. The molecule has 3 rings (SSSR count). The Labute approximate surface area is 192 Å². The van der Waals surface area contributed by atoms with E-state index in [0.717, 1.165) is 19.3 Å². The van der Waals surface area contributed by atoms with Gasteiger partial charge >= 0.3 is 12.1 Å². The Morgan fingerprint density at radius 3 is 2.82 bits per heavy atom. The molecule has 2 atom stereocenters. The number of amides is 1. The summed E-state index contributed by atoms with van der Waals surface area (Å²) in [6.45, 7) is 4.96. The van der Waals surface area contributed by atoms with Crippen LogP contribution in [-0.2, 0) is 26.1 Å². The lowest BCUT2D eigenvalue weighted by molar-refractivity contribution is -0.152. The number of nitrogens with zero attached hydrogens (tertiary/aromatic N) is 4. The lowest BCUT2D eigenvalue weighted by atomic mass is 10.0. The minimum atomic E-state index is -0.563. The van der Waals surface area contributed by atoms with Crippen LogP contribution in [0.15, 0.2) is 12.1 Å². The molecule has 0 aromatic carbocycles. The second-order valence-electron chi connectivity index (χ2n) is 7.89. The van der Waals surface area contributed by atoms with Gasteiger partial charge in [0.1, 0.15) is 11.9 Å². The van der Waals surface area contributed by atoms with E-state index >= 15 is 0 Å². The van der Waals surface area contributed by atoms with Gasteiger partial charge in [-0.05, 0) is 25.5 Å². The Hall–Kier alpha value is -3.21. The van der Waals surface area contributed by atoms with Gasteiger partial charge in [-0.25, -0.2) is 14.5 Å². The number of carbonyl (C=O) groups is 2. The third-order valence-electron chi connectivity index (χ3n) is 5.31. The standard InChI is InChI=1S/C22H31N5O6/c1-5-6-7-10-32-22(29)24-20-19(25-26-27(20)3)17-8-9-18(14(2)23-17)33-16-11-15(12-31-13-16)21(28)30-4/h8-9,15-16H,5-7,10-13H2,1-4H3,(H,24,29)/t15-,16-/m0/s1. The third kappa shape index (κ3) is 6.41. The van der Waals surface area contributed by atoms with Gasteiger partial charge in [-0.3, -0.25) is 10.1 Å². The van der Waals surface area contributed by atoms with Crippen LogP contribution in [0.5, 0.6) is 5.75 Å². The van der Waals surface area contributed by atoms with Crippen LogP contribution in [0.1, 0.15) is 38.3 Å². The van der Waals surface area contributed by atoms with Crippen LogP contribution in [0, 0.1) is 12.8 Å². The van der Waals surface area contributed by atoms with E-state index in [1.54, 1.807) is 19.2 Å². The summed E-state index contributed by atoms with van der Waals surface area (Å²) >= 11 is 0. The molecule has 11 heteroatoms. The summed E-state index contributed by atoms with van der Waals surface area (Å²) in [6.07, 6.45) is 2.52. The Morgan fingerprint density at radius 2 is 2.09 bits per heavy atom. The molecule has 2 aromatic rings. The number of hydrogen-bond donors (Lipinski definition) is 1. The van der Waals surface area contributed by atoms with E-state index in [4.69, 9.17) is 18.9 Å². The average Bonchev–Trinajstić information content (AvgIpc) is 3.17. The highest BCUT2D eigenvalue weighted by Crippen LogP contribution is 2.28. The van der Waals surface area contributed by atoms with Crippen molar-refractivity contribution in [3.63, 3.8) is 0 Å². The van der Waals surface area contributed by atoms with Crippen molar-refractivity contribution < 1.29 is 28.5 Å². The molecule has 0 bridgehead atoms. The van der Waals surface area contributed by atoms with Crippen LogP contribution in [0.4, 0.5) is 10.6 Å². The van der Waals surface area contributed by atoms with E-state index in [9.17, 15) is 9.59 Å². The summed E-state index contributed by atoms with van der Waals surface area (Å²) in [4.78, 5) is 28.5. The number of methoxy groups -OCH3 is 1. The molecule has 1 saturated heterocycles. The van der Waals surface area contributed by atoms with Crippen LogP contribution in [0.25, 0.3) is 11.4 Å². The molecule has 0 spiro atoms. The lowest BCUT2D eigenvalue weighted by Gasteiger charge is -2.28. The van der Waals surface area contributed by atoms with Gasteiger partial charge in [-0.2, -0.15) is 0 Å². The first-order valence-electron chi connectivity index (χ1n) is 11.1. The molecule has 1 aliphatic rings. The summed E-state index contributed by atoms with van der Waals surface area (Å²) in [5.74, 6) is 0.306. The lowest BCUT2D eigenvalue weighted by Crippen LogP contribution is -2.37. The predicted molar refractivity (Wildman–Crippen MR) is 119 cm³/mol. The molecule has 1 fully saturated rings. The molecule has 1 aliphatic heterocycles. The zero-order valence-electron chi connectivity index (χ0n) is 19.5. The number of ether oxygens (including phenoxy) is 4. The smallest absolute Gasteiger partial charge is 0.412 e.